The third-order valence-corrected chi connectivity index (χ3v) is 2.95. The standard InChI is InChI=1S/C14H16F3N3O/c1-13(2,3)11-7-9(20-18)8-5-4-6-10(12(8)19-11)21-14(15,16)17/h4-7H,18H2,1-3H3,(H,19,20). The Labute approximate surface area is 120 Å². The van der Waals surface area contributed by atoms with Crippen molar-refractivity contribution in [2.75, 3.05) is 5.43 Å². The Bertz CT molecular complexity index is 663. The summed E-state index contributed by atoms with van der Waals surface area (Å²) in [6.07, 6.45) is -4.77. The van der Waals surface area contributed by atoms with Gasteiger partial charge in [0.25, 0.3) is 0 Å². The van der Waals surface area contributed by atoms with E-state index in [0.29, 0.717) is 16.8 Å². The third-order valence-electron chi connectivity index (χ3n) is 2.95. The number of hydrogen-bond acceptors (Lipinski definition) is 4. The molecule has 7 heteroatoms. The van der Waals surface area contributed by atoms with Crippen LogP contribution in [0.1, 0.15) is 26.5 Å². The molecule has 1 heterocycles. The van der Waals surface area contributed by atoms with Crippen LogP contribution in [-0.2, 0) is 5.41 Å². The molecule has 1 aromatic heterocycles. The Hall–Kier alpha value is -2.02. The SMILES string of the molecule is CC(C)(C)c1cc(NN)c2cccc(OC(F)(F)F)c2n1. The molecule has 0 aliphatic heterocycles. The third kappa shape index (κ3) is 3.36. The summed E-state index contributed by atoms with van der Waals surface area (Å²) in [6, 6.07) is 6.05. The fourth-order valence-corrected chi connectivity index (χ4v) is 1.93. The molecule has 0 saturated carbocycles. The van der Waals surface area contributed by atoms with Crippen molar-refractivity contribution in [1.82, 2.24) is 4.98 Å². The van der Waals surface area contributed by atoms with Crippen LogP contribution in [0.25, 0.3) is 10.9 Å². The second-order valence-electron chi connectivity index (χ2n) is 5.65. The Balaban J connectivity index is 2.72. The summed E-state index contributed by atoms with van der Waals surface area (Å²) in [6.45, 7) is 5.73. The number of nitrogens with zero attached hydrogens (tertiary/aromatic N) is 1. The van der Waals surface area contributed by atoms with Crippen molar-refractivity contribution in [3.05, 3.63) is 30.0 Å². The Morgan fingerprint density at radius 3 is 2.38 bits per heavy atom. The number of para-hydroxylation sites is 1. The topological polar surface area (TPSA) is 60.2 Å². The van der Waals surface area contributed by atoms with Gasteiger partial charge >= 0.3 is 6.36 Å². The summed E-state index contributed by atoms with van der Waals surface area (Å²) in [5.74, 6) is 5.12. The van der Waals surface area contributed by atoms with Gasteiger partial charge in [-0.1, -0.05) is 32.9 Å². The van der Waals surface area contributed by atoms with Crippen LogP contribution in [0.15, 0.2) is 24.3 Å². The molecular formula is C14H16F3N3O. The number of halogens is 3. The van der Waals surface area contributed by atoms with Crippen molar-refractivity contribution in [1.29, 1.82) is 0 Å². The molecule has 3 N–H and O–H groups in total. The zero-order chi connectivity index (χ0) is 15.8. The second kappa shape index (κ2) is 5.07. The smallest absolute Gasteiger partial charge is 0.403 e. The minimum absolute atomic E-state index is 0.121. The van der Waals surface area contributed by atoms with Crippen LogP contribution >= 0.6 is 0 Å². The van der Waals surface area contributed by atoms with E-state index in [1.807, 2.05) is 20.8 Å². The van der Waals surface area contributed by atoms with Crippen LogP contribution in [0, 0.1) is 0 Å². The lowest BCUT2D eigenvalue weighted by Crippen LogP contribution is -2.19. The van der Waals surface area contributed by atoms with Gasteiger partial charge in [-0.05, 0) is 12.1 Å². The number of hydrazine groups is 1. The minimum atomic E-state index is -4.77. The molecule has 21 heavy (non-hydrogen) atoms. The maximum Gasteiger partial charge on any atom is 0.573 e. The number of pyridine rings is 1. The maximum absolute atomic E-state index is 12.5. The fraction of sp³-hybridized carbons (Fsp3) is 0.357. The highest BCUT2D eigenvalue weighted by Gasteiger charge is 2.32. The number of ether oxygens (including phenoxy) is 1. The number of nitrogens with one attached hydrogen (secondary N) is 1. The number of fused-ring (bicyclic) bond motifs is 1. The summed E-state index contributed by atoms with van der Waals surface area (Å²) < 4.78 is 41.5. The first-order valence-electron chi connectivity index (χ1n) is 6.28. The normalized spacial score (nSPS) is 12.5. The quantitative estimate of drug-likeness (QED) is 0.655. The highest BCUT2D eigenvalue weighted by atomic mass is 19.4. The van der Waals surface area contributed by atoms with E-state index in [4.69, 9.17) is 5.84 Å². The Morgan fingerprint density at radius 1 is 1.19 bits per heavy atom. The summed E-state index contributed by atoms with van der Waals surface area (Å²) in [5.41, 5.74) is 3.38. The molecule has 0 fully saturated rings. The van der Waals surface area contributed by atoms with Crippen molar-refractivity contribution in [2.24, 2.45) is 5.84 Å². The molecule has 0 radical (unpaired) electrons. The predicted octanol–water partition coefficient (Wildman–Crippen LogP) is 3.72. The van der Waals surface area contributed by atoms with E-state index in [9.17, 15) is 13.2 Å². The van der Waals surface area contributed by atoms with Crippen LogP contribution in [0.5, 0.6) is 5.75 Å². The van der Waals surface area contributed by atoms with Crippen LogP contribution in [0.3, 0.4) is 0 Å². The highest BCUT2D eigenvalue weighted by molar-refractivity contribution is 5.95. The molecular weight excluding hydrogens is 283 g/mol. The van der Waals surface area contributed by atoms with Crippen LogP contribution in [-0.4, -0.2) is 11.3 Å². The Morgan fingerprint density at radius 2 is 1.86 bits per heavy atom. The van der Waals surface area contributed by atoms with Gasteiger partial charge in [-0.25, -0.2) is 4.98 Å². The van der Waals surface area contributed by atoms with E-state index in [-0.39, 0.29) is 16.7 Å². The van der Waals surface area contributed by atoms with Gasteiger partial charge in [0.05, 0.1) is 5.69 Å². The Kier molecular flexibility index (Phi) is 3.71. The summed E-state index contributed by atoms with van der Waals surface area (Å²) in [7, 11) is 0. The number of anilines is 1. The van der Waals surface area contributed by atoms with E-state index in [2.05, 4.69) is 15.1 Å². The molecule has 4 nitrogen and oxygen atoms in total. The number of rotatable bonds is 2. The lowest BCUT2D eigenvalue weighted by atomic mass is 9.90. The minimum Gasteiger partial charge on any atom is -0.403 e. The van der Waals surface area contributed by atoms with Gasteiger partial charge in [0.1, 0.15) is 5.52 Å². The number of alkyl halides is 3. The zero-order valence-corrected chi connectivity index (χ0v) is 11.9. The van der Waals surface area contributed by atoms with E-state index in [0.717, 1.165) is 0 Å². The first-order chi connectivity index (χ1) is 9.62. The monoisotopic (exact) mass is 299 g/mol. The van der Waals surface area contributed by atoms with Crippen LogP contribution in [0.2, 0.25) is 0 Å². The average Bonchev–Trinajstić information content (AvgIpc) is 2.35. The molecule has 0 unspecified atom stereocenters. The number of nitrogens with two attached hydrogens (primary N) is 1. The molecule has 1 aromatic carbocycles. The first kappa shape index (κ1) is 15.4. The lowest BCUT2D eigenvalue weighted by Gasteiger charge is -2.21. The molecule has 0 aliphatic rings. The van der Waals surface area contributed by atoms with Crippen molar-refractivity contribution in [2.45, 2.75) is 32.5 Å². The molecule has 0 atom stereocenters. The van der Waals surface area contributed by atoms with Crippen molar-refractivity contribution in [3.63, 3.8) is 0 Å². The lowest BCUT2D eigenvalue weighted by molar-refractivity contribution is -0.274. The summed E-state index contributed by atoms with van der Waals surface area (Å²) in [5, 5.41) is 0.465. The van der Waals surface area contributed by atoms with E-state index in [1.165, 1.54) is 12.1 Å². The zero-order valence-electron chi connectivity index (χ0n) is 11.9. The number of nitrogen functional groups attached to an aromatic ring is 1. The van der Waals surface area contributed by atoms with Gasteiger partial charge in [0.15, 0.2) is 5.75 Å². The molecule has 0 bridgehead atoms. The van der Waals surface area contributed by atoms with Crippen molar-refractivity contribution < 1.29 is 17.9 Å². The second-order valence-corrected chi connectivity index (χ2v) is 5.65. The van der Waals surface area contributed by atoms with E-state index >= 15 is 0 Å². The van der Waals surface area contributed by atoms with E-state index < -0.39 is 6.36 Å². The van der Waals surface area contributed by atoms with Crippen LogP contribution < -0.4 is 16.0 Å². The highest BCUT2D eigenvalue weighted by Crippen LogP contribution is 2.35. The predicted molar refractivity (Wildman–Crippen MR) is 74.9 cm³/mol. The fourth-order valence-electron chi connectivity index (χ4n) is 1.93. The summed E-state index contributed by atoms with van der Waals surface area (Å²) in [4.78, 5) is 4.32. The van der Waals surface area contributed by atoms with Gasteiger partial charge < -0.3 is 10.2 Å². The summed E-state index contributed by atoms with van der Waals surface area (Å²) >= 11 is 0. The van der Waals surface area contributed by atoms with Crippen molar-refractivity contribution >= 4 is 16.6 Å². The van der Waals surface area contributed by atoms with E-state index in [1.54, 1.807) is 12.1 Å². The molecule has 2 rings (SSSR count). The maximum atomic E-state index is 12.5. The van der Waals surface area contributed by atoms with Gasteiger partial charge in [-0.3, -0.25) is 5.84 Å². The molecule has 114 valence electrons. The number of hydrogen-bond donors (Lipinski definition) is 2. The molecule has 0 spiro atoms. The first-order valence-corrected chi connectivity index (χ1v) is 6.28. The van der Waals surface area contributed by atoms with Crippen LogP contribution in [0.4, 0.5) is 18.9 Å². The number of aromatic nitrogens is 1. The molecule has 0 amide bonds. The van der Waals surface area contributed by atoms with Gasteiger partial charge in [-0.2, -0.15) is 0 Å². The van der Waals surface area contributed by atoms with Crippen molar-refractivity contribution in [3.8, 4) is 5.75 Å². The van der Waals surface area contributed by atoms with Gasteiger partial charge in [0, 0.05) is 16.5 Å². The number of benzene rings is 1. The molecule has 0 aliphatic carbocycles. The average molecular weight is 299 g/mol. The molecule has 2 aromatic rings. The van der Waals surface area contributed by atoms with Gasteiger partial charge in [-0.15, -0.1) is 13.2 Å². The largest absolute Gasteiger partial charge is 0.573 e. The van der Waals surface area contributed by atoms with Gasteiger partial charge in [0.2, 0.25) is 0 Å². The molecule has 0 saturated heterocycles.